The summed E-state index contributed by atoms with van der Waals surface area (Å²) >= 11 is 3.48. The Kier molecular flexibility index (Phi) is 9.21. The SMILES string of the molecule is CC(C)CCCCCCNC(C)Cc1ccc(Br)cc1. The number of hydrogen-bond donors (Lipinski definition) is 1. The highest BCUT2D eigenvalue weighted by Gasteiger charge is 2.02. The van der Waals surface area contributed by atoms with Crippen LogP contribution in [0.4, 0.5) is 0 Å². The molecule has 1 nitrogen and oxygen atoms in total. The summed E-state index contributed by atoms with van der Waals surface area (Å²) in [5, 5.41) is 3.63. The fourth-order valence-corrected chi connectivity index (χ4v) is 2.69. The van der Waals surface area contributed by atoms with Gasteiger partial charge in [0.05, 0.1) is 0 Å². The van der Waals surface area contributed by atoms with E-state index in [1.807, 2.05) is 0 Å². The Labute approximate surface area is 133 Å². The van der Waals surface area contributed by atoms with Crippen LogP contribution in [0.3, 0.4) is 0 Å². The van der Waals surface area contributed by atoms with E-state index in [-0.39, 0.29) is 0 Å². The molecule has 2 heteroatoms. The zero-order valence-electron chi connectivity index (χ0n) is 13.3. The Hall–Kier alpha value is -0.340. The maximum atomic E-state index is 3.63. The van der Waals surface area contributed by atoms with Gasteiger partial charge in [-0.2, -0.15) is 0 Å². The van der Waals surface area contributed by atoms with Crippen molar-refractivity contribution >= 4 is 15.9 Å². The summed E-state index contributed by atoms with van der Waals surface area (Å²) in [7, 11) is 0. The van der Waals surface area contributed by atoms with E-state index in [4.69, 9.17) is 0 Å². The lowest BCUT2D eigenvalue weighted by molar-refractivity contribution is 0.492. The van der Waals surface area contributed by atoms with E-state index in [0.717, 1.165) is 23.4 Å². The first-order valence-corrected chi connectivity index (χ1v) is 8.85. The highest BCUT2D eigenvalue weighted by atomic mass is 79.9. The summed E-state index contributed by atoms with van der Waals surface area (Å²) in [6.45, 7) is 8.05. The van der Waals surface area contributed by atoms with Gasteiger partial charge in [-0.3, -0.25) is 0 Å². The quantitative estimate of drug-likeness (QED) is 0.549. The molecule has 1 rings (SSSR count). The van der Waals surface area contributed by atoms with Gasteiger partial charge in [0.1, 0.15) is 0 Å². The number of halogens is 1. The number of benzene rings is 1. The fourth-order valence-electron chi connectivity index (χ4n) is 2.43. The molecule has 0 heterocycles. The van der Waals surface area contributed by atoms with E-state index in [1.54, 1.807) is 0 Å². The second-order valence-corrected chi connectivity index (χ2v) is 7.20. The Morgan fingerprint density at radius 2 is 1.60 bits per heavy atom. The second-order valence-electron chi connectivity index (χ2n) is 6.28. The van der Waals surface area contributed by atoms with E-state index in [9.17, 15) is 0 Å². The van der Waals surface area contributed by atoms with E-state index < -0.39 is 0 Å². The lowest BCUT2D eigenvalue weighted by Gasteiger charge is -2.14. The average molecular weight is 340 g/mol. The molecule has 0 saturated heterocycles. The van der Waals surface area contributed by atoms with Gasteiger partial charge in [0, 0.05) is 10.5 Å². The van der Waals surface area contributed by atoms with Gasteiger partial charge in [0.15, 0.2) is 0 Å². The molecule has 0 aliphatic heterocycles. The molecule has 0 saturated carbocycles. The van der Waals surface area contributed by atoms with Crippen molar-refractivity contribution in [1.82, 2.24) is 5.32 Å². The molecule has 0 aliphatic rings. The third-order valence-electron chi connectivity index (χ3n) is 3.66. The minimum absolute atomic E-state index is 0.562. The molecule has 0 aliphatic carbocycles. The third kappa shape index (κ3) is 8.76. The highest BCUT2D eigenvalue weighted by Crippen LogP contribution is 2.12. The first-order valence-electron chi connectivity index (χ1n) is 8.05. The number of rotatable bonds is 10. The predicted molar refractivity (Wildman–Crippen MR) is 93.2 cm³/mol. The average Bonchev–Trinajstić information content (AvgIpc) is 2.40. The van der Waals surface area contributed by atoms with Crippen LogP contribution < -0.4 is 5.32 Å². The van der Waals surface area contributed by atoms with Crippen LogP contribution in [0.15, 0.2) is 28.7 Å². The standard InChI is InChI=1S/C18H30BrN/c1-15(2)8-6-4-5-7-13-20-16(3)14-17-9-11-18(19)12-10-17/h9-12,15-16,20H,4-8,13-14H2,1-3H3. The van der Waals surface area contributed by atoms with Crippen LogP contribution in [-0.4, -0.2) is 12.6 Å². The molecule has 0 aromatic heterocycles. The predicted octanol–water partition coefficient (Wildman–Crippen LogP) is 5.58. The van der Waals surface area contributed by atoms with Crippen molar-refractivity contribution in [1.29, 1.82) is 0 Å². The molecule has 1 atom stereocenters. The van der Waals surface area contributed by atoms with Crippen LogP contribution in [0.2, 0.25) is 0 Å². The van der Waals surface area contributed by atoms with Gasteiger partial charge in [-0.05, 0) is 49.9 Å². The van der Waals surface area contributed by atoms with Gasteiger partial charge >= 0.3 is 0 Å². The lowest BCUT2D eigenvalue weighted by atomic mass is 10.0. The minimum atomic E-state index is 0.562. The van der Waals surface area contributed by atoms with Crippen molar-refractivity contribution in [3.8, 4) is 0 Å². The van der Waals surface area contributed by atoms with E-state index in [1.165, 1.54) is 37.7 Å². The zero-order valence-corrected chi connectivity index (χ0v) is 14.9. The molecule has 20 heavy (non-hydrogen) atoms. The van der Waals surface area contributed by atoms with Crippen LogP contribution in [0.25, 0.3) is 0 Å². The van der Waals surface area contributed by atoms with Crippen molar-refractivity contribution in [3.05, 3.63) is 34.3 Å². The molecular formula is C18H30BrN. The molecular weight excluding hydrogens is 310 g/mol. The van der Waals surface area contributed by atoms with Gasteiger partial charge in [-0.15, -0.1) is 0 Å². The normalized spacial score (nSPS) is 12.8. The van der Waals surface area contributed by atoms with Crippen molar-refractivity contribution in [3.63, 3.8) is 0 Å². The first kappa shape index (κ1) is 17.7. The molecule has 0 spiro atoms. The van der Waals surface area contributed by atoms with Gasteiger partial charge in [0.25, 0.3) is 0 Å². The van der Waals surface area contributed by atoms with Crippen LogP contribution in [-0.2, 0) is 6.42 Å². The van der Waals surface area contributed by atoms with Crippen molar-refractivity contribution in [2.45, 2.75) is 65.3 Å². The van der Waals surface area contributed by atoms with Crippen LogP contribution >= 0.6 is 15.9 Å². The number of nitrogens with one attached hydrogen (secondary N) is 1. The van der Waals surface area contributed by atoms with Crippen LogP contribution in [0.5, 0.6) is 0 Å². The minimum Gasteiger partial charge on any atom is -0.314 e. The highest BCUT2D eigenvalue weighted by molar-refractivity contribution is 9.10. The monoisotopic (exact) mass is 339 g/mol. The summed E-state index contributed by atoms with van der Waals surface area (Å²) in [6.07, 6.45) is 7.95. The molecule has 1 unspecified atom stereocenters. The smallest absolute Gasteiger partial charge is 0.0175 e. The Bertz CT molecular complexity index is 345. The van der Waals surface area contributed by atoms with Crippen molar-refractivity contribution in [2.75, 3.05) is 6.54 Å². The summed E-state index contributed by atoms with van der Waals surface area (Å²) < 4.78 is 1.16. The van der Waals surface area contributed by atoms with E-state index in [0.29, 0.717) is 6.04 Å². The summed E-state index contributed by atoms with van der Waals surface area (Å²) in [6, 6.07) is 9.21. The van der Waals surface area contributed by atoms with Gasteiger partial charge in [-0.25, -0.2) is 0 Å². The Balaban J connectivity index is 2.03. The zero-order chi connectivity index (χ0) is 14.8. The van der Waals surface area contributed by atoms with E-state index >= 15 is 0 Å². The first-order chi connectivity index (χ1) is 9.58. The maximum Gasteiger partial charge on any atom is 0.0175 e. The molecule has 1 aromatic rings. The number of hydrogen-bond acceptors (Lipinski definition) is 1. The van der Waals surface area contributed by atoms with Gasteiger partial charge < -0.3 is 5.32 Å². The summed E-state index contributed by atoms with van der Waals surface area (Å²) in [5.74, 6) is 0.860. The molecule has 1 N–H and O–H groups in total. The third-order valence-corrected chi connectivity index (χ3v) is 4.18. The lowest BCUT2D eigenvalue weighted by Crippen LogP contribution is -2.28. The van der Waals surface area contributed by atoms with Crippen molar-refractivity contribution < 1.29 is 0 Å². The van der Waals surface area contributed by atoms with Crippen LogP contribution in [0, 0.1) is 5.92 Å². The molecule has 114 valence electrons. The fraction of sp³-hybridized carbons (Fsp3) is 0.667. The molecule has 0 bridgehead atoms. The number of unbranched alkanes of at least 4 members (excludes halogenated alkanes) is 3. The molecule has 0 radical (unpaired) electrons. The summed E-state index contributed by atoms with van der Waals surface area (Å²) in [5.41, 5.74) is 1.41. The second kappa shape index (κ2) is 10.4. The molecule has 1 aromatic carbocycles. The van der Waals surface area contributed by atoms with Crippen molar-refractivity contribution in [2.24, 2.45) is 5.92 Å². The maximum absolute atomic E-state index is 3.63. The molecule has 0 fully saturated rings. The Morgan fingerprint density at radius 1 is 0.950 bits per heavy atom. The Morgan fingerprint density at radius 3 is 2.25 bits per heavy atom. The van der Waals surface area contributed by atoms with Gasteiger partial charge in [-0.1, -0.05) is 67.6 Å². The summed E-state index contributed by atoms with van der Waals surface area (Å²) in [4.78, 5) is 0. The largest absolute Gasteiger partial charge is 0.314 e. The topological polar surface area (TPSA) is 12.0 Å². The van der Waals surface area contributed by atoms with Crippen LogP contribution in [0.1, 0.15) is 58.4 Å². The van der Waals surface area contributed by atoms with E-state index in [2.05, 4.69) is 66.3 Å². The van der Waals surface area contributed by atoms with Gasteiger partial charge in [0.2, 0.25) is 0 Å². The molecule has 0 amide bonds.